The molecule has 1 aliphatic rings. The van der Waals surface area contributed by atoms with Crippen LogP contribution < -0.4 is 10.1 Å². The van der Waals surface area contributed by atoms with Gasteiger partial charge in [0.05, 0.1) is 5.92 Å². The van der Waals surface area contributed by atoms with Crippen molar-refractivity contribution in [3.8, 4) is 5.75 Å². The summed E-state index contributed by atoms with van der Waals surface area (Å²) >= 11 is 11.5. The predicted octanol–water partition coefficient (Wildman–Crippen LogP) is 3.40. The lowest BCUT2D eigenvalue weighted by Gasteiger charge is -2.13. The van der Waals surface area contributed by atoms with Gasteiger partial charge in [0, 0.05) is 12.1 Å². The second-order valence-corrected chi connectivity index (χ2v) is 5.93. The zero-order chi connectivity index (χ0) is 15.0. The molecule has 0 aromatic heterocycles. The van der Waals surface area contributed by atoms with Crippen molar-refractivity contribution in [3.63, 3.8) is 0 Å². The smallest absolute Gasteiger partial charge is 0.405 e. The summed E-state index contributed by atoms with van der Waals surface area (Å²) in [6, 6.07) is 5.58. The standard InChI is InChI=1S/C12H10Cl2F3NO2/c13-11(14)5-8(11)10(19)18-6-7-3-1-2-4-9(7)20-12(15,16)17/h1-4,8H,5-6H2,(H,18,19). The number of rotatable bonds is 4. The number of carbonyl (C=O) groups excluding carboxylic acids is 1. The monoisotopic (exact) mass is 327 g/mol. The highest BCUT2D eigenvalue weighted by Gasteiger charge is 2.56. The predicted molar refractivity (Wildman–Crippen MR) is 67.5 cm³/mol. The molecule has 2 rings (SSSR count). The fourth-order valence-electron chi connectivity index (χ4n) is 1.68. The minimum atomic E-state index is -4.78. The maximum Gasteiger partial charge on any atom is 0.573 e. The molecule has 0 heterocycles. The number of nitrogens with one attached hydrogen (secondary N) is 1. The van der Waals surface area contributed by atoms with Crippen LogP contribution in [-0.4, -0.2) is 16.6 Å². The summed E-state index contributed by atoms with van der Waals surface area (Å²) in [7, 11) is 0. The van der Waals surface area contributed by atoms with Crippen LogP contribution in [-0.2, 0) is 11.3 Å². The first-order valence-electron chi connectivity index (χ1n) is 5.68. The Morgan fingerprint density at radius 1 is 1.40 bits per heavy atom. The van der Waals surface area contributed by atoms with Gasteiger partial charge in [-0.1, -0.05) is 18.2 Å². The minimum Gasteiger partial charge on any atom is -0.405 e. The highest BCUT2D eigenvalue weighted by Crippen LogP contribution is 2.53. The van der Waals surface area contributed by atoms with Gasteiger partial charge >= 0.3 is 6.36 Å². The third kappa shape index (κ3) is 3.93. The molecule has 0 spiro atoms. The number of carbonyl (C=O) groups is 1. The van der Waals surface area contributed by atoms with Crippen LogP contribution >= 0.6 is 23.2 Å². The quantitative estimate of drug-likeness (QED) is 0.861. The summed E-state index contributed by atoms with van der Waals surface area (Å²) in [5.74, 6) is -1.27. The molecule has 0 saturated heterocycles. The van der Waals surface area contributed by atoms with Crippen molar-refractivity contribution >= 4 is 29.1 Å². The fraction of sp³-hybridized carbons (Fsp3) is 0.417. The number of para-hydroxylation sites is 1. The van der Waals surface area contributed by atoms with E-state index in [4.69, 9.17) is 23.2 Å². The molecule has 1 aromatic rings. The van der Waals surface area contributed by atoms with Crippen molar-refractivity contribution in [2.75, 3.05) is 0 Å². The van der Waals surface area contributed by atoms with Gasteiger partial charge < -0.3 is 10.1 Å². The Labute approximate surface area is 123 Å². The number of ether oxygens (including phenoxy) is 1. The van der Waals surface area contributed by atoms with Gasteiger partial charge in [-0.25, -0.2) is 0 Å². The molecule has 20 heavy (non-hydrogen) atoms. The van der Waals surface area contributed by atoms with Crippen molar-refractivity contribution in [2.24, 2.45) is 5.92 Å². The van der Waals surface area contributed by atoms with E-state index in [0.717, 1.165) is 0 Å². The molecular formula is C12H10Cl2F3NO2. The van der Waals surface area contributed by atoms with E-state index in [1.165, 1.54) is 18.2 Å². The van der Waals surface area contributed by atoms with Gasteiger partial charge in [0.1, 0.15) is 10.1 Å². The molecule has 1 unspecified atom stereocenters. The molecule has 0 bridgehead atoms. The molecule has 1 N–H and O–H groups in total. The molecular weight excluding hydrogens is 318 g/mol. The molecule has 1 fully saturated rings. The molecule has 110 valence electrons. The first-order chi connectivity index (χ1) is 9.19. The average molecular weight is 328 g/mol. The summed E-state index contributed by atoms with van der Waals surface area (Å²) in [4.78, 5) is 11.6. The minimum absolute atomic E-state index is 0.0918. The number of hydrogen-bond donors (Lipinski definition) is 1. The number of hydrogen-bond acceptors (Lipinski definition) is 2. The zero-order valence-electron chi connectivity index (χ0n) is 10.0. The van der Waals surface area contributed by atoms with Crippen LogP contribution in [0.4, 0.5) is 13.2 Å². The Balaban J connectivity index is 1.98. The van der Waals surface area contributed by atoms with E-state index in [1.807, 2.05) is 0 Å². The zero-order valence-corrected chi connectivity index (χ0v) is 11.5. The molecule has 1 saturated carbocycles. The van der Waals surface area contributed by atoms with E-state index in [-0.39, 0.29) is 17.9 Å². The molecule has 3 nitrogen and oxygen atoms in total. The molecule has 1 aromatic carbocycles. The maximum atomic E-state index is 12.2. The van der Waals surface area contributed by atoms with Gasteiger partial charge in [-0.15, -0.1) is 36.4 Å². The van der Waals surface area contributed by atoms with Crippen LogP contribution in [0.2, 0.25) is 0 Å². The van der Waals surface area contributed by atoms with Gasteiger partial charge in [-0.3, -0.25) is 4.79 Å². The number of alkyl halides is 5. The van der Waals surface area contributed by atoms with Crippen LogP contribution in [0.5, 0.6) is 5.75 Å². The van der Waals surface area contributed by atoms with Gasteiger partial charge in [0.2, 0.25) is 5.91 Å². The van der Waals surface area contributed by atoms with Crippen molar-refractivity contribution in [2.45, 2.75) is 23.7 Å². The van der Waals surface area contributed by atoms with Crippen LogP contribution in [0.25, 0.3) is 0 Å². The van der Waals surface area contributed by atoms with E-state index in [9.17, 15) is 18.0 Å². The maximum absolute atomic E-state index is 12.2. The van der Waals surface area contributed by atoms with Gasteiger partial charge in [0.15, 0.2) is 0 Å². The van der Waals surface area contributed by atoms with Crippen molar-refractivity contribution in [1.29, 1.82) is 0 Å². The van der Waals surface area contributed by atoms with E-state index in [2.05, 4.69) is 10.1 Å². The average Bonchev–Trinajstić information content (AvgIpc) is 2.95. The number of benzene rings is 1. The second kappa shape index (κ2) is 5.33. The summed E-state index contributed by atoms with van der Waals surface area (Å²) in [5, 5.41) is 2.49. The largest absolute Gasteiger partial charge is 0.573 e. The third-order valence-electron chi connectivity index (χ3n) is 2.79. The summed E-state index contributed by atoms with van der Waals surface area (Å²) in [6.45, 7) is -0.0918. The Kier molecular flexibility index (Phi) is 4.07. The molecule has 1 amide bonds. The molecule has 1 aliphatic carbocycles. The SMILES string of the molecule is O=C(NCc1ccccc1OC(F)(F)F)C1CC1(Cl)Cl. The van der Waals surface area contributed by atoms with Gasteiger partial charge in [-0.05, 0) is 12.5 Å². The lowest BCUT2D eigenvalue weighted by molar-refractivity contribution is -0.274. The van der Waals surface area contributed by atoms with E-state index >= 15 is 0 Å². The van der Waals surface area contributed by atoms with Crippen molar-refractivity contribution in [3.05, 3.63) is 29.8 Å². The number of halogens is 5. The van der Waals surface area contributed by atoms with Gasteiger partial charge in [-0.2, -0.15) is 0 Å². The summed E-state index contributed by atoms with van der Waals surface area (Å²) in [6.07, 6.45) is -4.44. The molecule has 1 atom stereocenters. The first-order valence-corrected chi connectivity index (χ1v) is 6.44. The van der Waals surface area contributed by atoms with E-state index in [0.29, 0.717) is 6.42 Å². The van der Waals surface area contributed by atoms with E-state index in [1.54, 1.807) is 6.07 Å². The lowest BCUT2D eigenvalue weighted by Crippen LogP contribution is -2.27. The Morgan fingerprint density at radius 2 is 2.00 bits per heavy atom. The normalized spacial score (nSPS) is 20.4. The summed E-state index contributed by atoms with van der Waals surface area (Å²) < 4.78 is 39.5. The van der Waals surface area contributed by atoms with E-state index < -0.39 is 22.5 Å². The van der Waals surface area contributed by atoms with Crippen molar-refractivity contribution in [1.82, 2.24) is 5.32 Å². The van der Waals surface area contributed by atoms with Crippen LogP contribution in [0.3, 0.4) is 0 Å². The Hall–Kier alpha value is -1.14. The third-order valence-corrected chi connectivity index (χ3v) is 3.63. The summed E-state index contributed by atoms with van der Waals surface area (Å²) in [5.41, 5.74) is 0.216. The molecule has 0 radical (unpaired) electrons. The Bertz CT molecular complexity index is 520. The fourth-order valence-corrected chi connectivity index (χ4v) is 2.18. The van der Waals surface area contributed by atoms with Crippen LogP contribution in [0.15, 0.2) is 24.3 Å². The highest BCUT2D eigenvalue weighted by atomic mass is 35.5. The molecule has 8 heteroatoms. The second-order valence-electron chi connectivity index (χ2n) is 4.39. The van der Waals surface area contributed by atoms with Crippen LogP contribution in [0.1, 0.15) is 12.0 Å². The topological polar surface area (TPSA) is 38.3 Å². The van der Waals surface area contributed by atoms with Crippen molar-refractivity contribution < 1.29 is 22.7 Å². The van der Waals surface area contributed by atoms with Gasteiger partial charge in [0.25, 0.3) is 0 Å². The van der Waals surface area contributed by atoms with Crippen LogP contribution in [0, 0.1) is 5.92 Å². The Morgan fingerprint density at radius 3 is 2.55 bits per heavy atom. The number of amides is 1. The first kappa shape index (κ1) is 15.3. The lowest BCUT2D eigenvalue weighted by atomic mass is 10.2. The molecule has 0 aliphatic heterocycles. The highest BCUT2D eigenvalue weighted by molar-refractivity contribution is 6.52.